The lowest BCUT2D eigenvalue weighted by Crippen LogP contribution is -2.32. The van der Waals surface area contributed by atoms with Crippen LogP contribution in [0, 0.1) is 0 Å². The van der Waals surface area contributed by atoms with Crippen molar-refractivity contribution >= 4 is 22.0 Å². The van der Waals surface area contributed by atoms with Gasteiger partial charge in [0, 0.05) is 38.9 Å². The molecule has 2 aromatic heterocycles. The van der Waals surface area contributed by atoms with Crippen molar-refractivity contribution in [1.82, 2.24) is 28.3 Å². The summed E-state index contributed by atoms with van der Waals surface area (Å²) in [5, 5.41) is 14.4. The largest absolute Gasteiger partial charge is 0.490 e. The Bertz CT molecular complexity index is 1200. The topological polar surface area (TPSA) is 151 Å². The maximum Gasteiger partial charge on any atom is 0.490 e. The Hall–Kier alpha value is -3.19. The fraction of sp³-hybridized carbons (Fsp3) is 0.600. The Morgan fingerprint density at radius 3 is 1.95 bits per heavy atom. The number of aryl methyl sites for hydroxylation is 2. The number of carbonyl (C=O) groups is 2. The maximum absolute atomic E-state index is 12.9. The van der Waals surface area contributed by atoms with Crippen molar-refractivity contribution in [2.75, 3.05) is 13.6 Å². The molecule has 39 heavy (non-hydrogen) atoms. The van der Waals surface area contributed by atoms with E-state index in [2.05, 4.69) is 40.3 Å². The van der Waals surface area contributed by atoms with Crippen molar-refractivity contribution < 1.29 is 54.6 Å². The number of hydrogen-bond donors (Lipinski definition) is 2. The summed E-state index contributed by atoms with van der Waals surface area (Å²) < 4.78 is 94.6. The zero-order valence-electron chi connectivity index (χ0n) is 21.2. The van der Waals surface area contributed by atoms with E-state index in [1.807, 2.05) is 6.33 Å². The first kappa shape index (κ1) is 33.8. The van der Waals surface area contributed by atoms with E-state index in [0.717, 1.165) is 24.4 Å². The molecule has 0 spiro atoms. The molecule has 3 heterocycles. The van der Waals surface area contributed by atoms with Gasteiger partial charge in [-0.15, -0.1) is 0 Å². The molecular weight excluding hydrogens is 566 g/mol. The molecule has 0 saturated carbocycles. The van der Waals surface area contributed by atoms with Gasteiger partial charge in [0.05, 0.1) is 30.6 Å². The Kier molecular flexibility index (Phi) is 11.5. The maximum atomic E-state index is 12.9. The molecule has 222 valence electrons. The molecule has 0 radical (unpaired) electrons. The van der Waals surface area contributed by atoms with Crippen LogP contribution in [0.4, 0.5) is 26.3 Å². The van der Waals surface area contributed by atoms with Crippen LogP contribution < -0.4 is 0 Å². The van der Waals surface area contributed by atoms with Gasteiger partial charge in [0.25, 0.3) is 10.0 Å². The lowest BCUT2D eigenvalue weighted by Gasteiger charge is -2.22. The lowest BCUT2D eigenvalue weighted by atomic mass is 10.2. The van der Waals surface area contributed by atoms with Crippen LogP contribution in [0.15, 0.2) is 23.9 Å². The summed E-state index contributed by atoms with van der Waals surface area (Å²) in [5.74, 6) is -5.51. The number of rotatable bonds is 5. The number of hydrogen-bond acceptors (Lipinski definition) is 7. The molecule has 19 heteroatoms. The normalized spacial score (nSPS) is 14.6. The van der Waals surface area contributed by atoms with Gasteiger partial charge >= 0.3 is 24.3 Å². The van der Waals surface area contributed by atoms with Gasteiger partial charge in [-0.25, -0.2) is 28.0 Å². The minimum Gasteiger partial charge on any atom is -0.475 e. The molecule has 1 aliphatic rings. The summed E-state index contributed by atoms with van der Waals surface area (Å²) in [7, 11) is 0.218. The summed E-state index contributed by atoms with van der Waals surface area (Å²) in [6.07, 6.45) is -4.52. The average Bonchev–Trinajstić information content (AvgIpc) is 3.32. The monoisotopic (exact) mass is 594 g/mol. The molecule has 0 atom stereocenters. The van der Waals surface area contributed by atoms with Crippen molar-refractivity contribution in [3.8, 4) is 0 Å². The number of imidazole rings is 2. The molecular formula is C20H28F6N6O6S. The molecule has 1 aliphatic heterocycles. The SMILES string of the molecule is CC(C)N(C)Cc1ncn2c1CN(S(=O)(=O)c1cn(C)cn1)CCC2.O=C(O)C(F)(F)F.O=C(O)C(F)(F)F. The molecule has 0 amide bonds. The summed E-state index contributed by atoms with van der Waals surface area (Å²) in [5.41, 5.74) is 1.92. The highest BCUT2D eigenvalue weighted by Crippen LogP contribution is 2.23. The number of aromatic nitrogens is 4. The summed E-state index contributed by atoms with van der Waals surface area (Å²) in [4.78, 5) is 28.6. The minimum atomic E-state index is -5.08. The second kappa shape index (κ2) is 13.2. The Balaban J connectivity index is 0.000000449. The number of halogens is 6. The number of carboxylic acids is 2. The van der Waals surface area contributed by atoms with Crippen molar-refractivity contribution in [3.05, 3.63) is 30.2 Å². The zero-order chi connectivity index (χ0) is 30.3. The molecule has 0 bridgehead atoms. The van der Waals surface area contributed by atoms with Gasteiger partial charge < -0.3 is 19.3 Å². The van der Waals surface area contributed by atoms with E-state index in [1.165, 1.54) is 10.6 Å². The molecule has 3 rings (SSSR count). The van der Waals surface area contributed by atoms with Gasteiger partial charge in [-0.05, 0) is 27.3 Å². The van der Waals surface area contributed by atoms with Crippen LogP contribution in [0.2, 0.25) is 0 Å². The Morgan fingerprint density at radius 1 is 1.03 bits per heavy atom. The van der Waals surface area contributed by atoms with Crippen molar-refractivity contribution in [3.63, 3.8) is 0 Å². The molecule has 0 aliphatic carbocycles. The van der Waals surface area contributed by atoms with Crippen LogP contribution in [0.1, 0.15) is 31.7 Å². The van der Waals surface area contributed by atoms with Gasteiger partial charge in [-0.1, -0.05) is 0 Å². The highest BCUT2D eigenvalue weighted by Gasteiger charge is 2.39. The van der Waals surface area contributed by atoms with Gasteiger partial charge in [0.1, 0.15) is 0 Å². The molecule has 0 saturated heterocycles. The number of sulfonamides is 1. The predicted molar refractivity (Wildman–Crippen MR) is 122 cm³/mol. The third-order valence-corrected chi connectivity index (χ3v) is 6.95. The first-order valence-corrected chi connectivity index (χ1v) is 12.4. The van der Waals surface area contributed by atoms with E-state index in [4.69, 9.17) is 19.8 Å². The molecule has 2 aromatic rings. The van der Waals surface area contributed by atoms with E-state index in [1.54, 1.807) is 17.8 Å². The first-order valence-electron chi connectivity index (χ1n) is 11.0. The Morgan fingerprint density at radius 2 is 1.54 bits per heavy atom. The first-order chi connectivity index (χ1) is 17.7. The molecule has 0 aromatic carbocycles. The third-order valence-electron chi connectivity index (χ3n) is 5.22. The second-order valence-corrected chi connectivity index (χ2v) is 10.4. The van der Waals surface area contributed by atoms with E-state index in [0.29, 0.717) is 25.7 Å². The van der Waals surface area contributed by atoms with Crippen LogP contribution in [0.5, 0.6) is 0 Å². The standard InChI is InChI=1S/C16H26N6O2S.2C2HF3O2/c1-13(2)20(4)8-14-15-9-22(7-5-6-21(15)12-17-14)25(23,24)16-10-19(3)11-18-16;2*3-2(4,5)1(6)7/h10-13H,5-9H2,1-4H3;2*(H,6,7). The van der Waals surface area contributed by atoms with Crippen LogP contribution in [-0.2, 0) is 46.3 Å². The highest BCUT2D eigenvalue weighted by molar-refractivity contribution is 7.89. The lowest BCUT2D eigenvalue weighted by molar-refractivity contribution is -0.193. The summed E-state index contributed by atoms with van der Waals surface area (Å²) in [6.45, 7) is 6.57. The zero-order valence-corrected chi connectivity index (χ0v) is 22.0. The number of alkyl halides is 6. The number of nitrogens with zero attached hydrogens (tertiary/aromatic N) is 6. The van der Waals surface area contributed by atoms with Crippen LogP contribution in [-0.4, -0.2) is 90.9 Å². The molecule has 12 nitrogen and oxygen atoms in total. The van der Waals surface area contributed by atoms with Crippen molar-refractivity contribution in [1.29, 1.82) is 0 Å². The Labute approximate surface area is 219 Å². The number of aliphatic carboxylic acids is 2. The smallest absolute Gasteiger partial charge is 0.475 e. The van der Waals surface area contributed by atoms with Gasteiger partial charge in [0.2, 0.25) is 0 Å². The van der Waals surface area contributed by atoms with Gasteiger partial charge in [-0.2, -0.15) is 30.6 Å². The van der Waals surface area contributed by atoms with Gasteiger partial charge in [0.15, 0.2) is 5.03 Å². The van der Waals surface area contributed by atoms with Crippen LogP contribution in [0.3, 0.4) is 0 Å². The van der Waals surface area contributed by atoms with E-state index >= 15 is 0 Å². The van der Waals surface area contributed by atoms with Gasteiger partial charge in [-0.3, -0.25) is 4.90 Å². The van der Waals surface area contributed by atoms with Crippen molar-refractivity contribution in [2.24, 2.45) is 7.05 Å². The quantitative estimate of drug-likeness (QED) is 0.497. The number of carboxylic acid groups (broad SMARTS) is 2. The van der Waals surface area contributed by atoms with Crippen LogP contribution >= 0.6 is 0 Å². The molecule has 2 N–H and O–H groups in total. The molecule has 0 fully saturated rings. The predicted octanol–water partition coefficient (Wildman–Crippen LogP) is 2.32. The summed E-state index contributed by atoms with van der Waals surface area (Å²) in [6, 6.07) is 0.400. The highest BCUT2D eigenvalue weighted by atomic mass is 32.2. The minimum absolute atomic E-state index is 0.101. The van der Waals surface area contributed by atoms with Crippen molar-refractivity contribution in [2.45, 2.75) is 63.3 Å². The molecule has 0 unspecified atom stereocenters. The van der Waals surface area contributed by atoms with Crippen LogP contribution in [0.25, 0.3) is 0 Å². The van der Waals surface area contributed by atoms with E-state index < -0.39 is 34.3 Å². The summed E-state index contributed by atoms with van der Waals surface area (Å²) >= 11 is 0. The fourth-order valence-electron chi connectivity index (χ4n) is 2.90. The number of fused-ring (bicyclic) bond motifs is 1. The average molecular weight is 595 g/mol. The van der Waals surface area contributed by atoms with E-state index in [9.17, 15) is 34.8 Å². The second-order valence-electron chi connectivity index (χ2n) is 8.52. The van der Waals surface area contributed by atoms with E-state index in [-0.39, 0.29) is 5.03 Å². The third kappa shape index (κ3) is 10.1. The fourth-order valence-corrected chi connectivity index (χ4v) is 4.30.